The Balaban J connectivity index is 2.63. The van der Waals surface area contributed by atoms with Crippen molar-refractivity contribution < 1.29 is 4.79 Å². The van der Waals surface area contributed by atoms with Gasteiger partial charge in [0.2, 0.25) is 0 Å². The Morgan fingerprint density at radius 3 is 2.38 bits per heavy atom. The Morgan fingerprint density at radius 2 is 1.94 bits per heavy atom. The van der Waals surface area contributed by atoms with Gasteiger partial charge in [-0.1, -0.05) is 27.7 Å². The molecule has 0 aliphatic carbocycles. The van der Waals surface area contributed by atoms with Crippen molar-refractivity contribution in [3.8, 4) is 0 Å². The lowest BCUT2D eigenvalue weighted by atomic mass is 10.1. The molecular formula is C12H19N3O. The summed E-state index contributed by atoms with van der Waals surface area (Å²) in [6, 6.07) is 3.57. The zero-order chi connectivity index (χ0) is 12.1. The molecule has 0 saturated carbocycles. The minimum absolute atomic E-state index is 0.156. The average molecular weight is 221 g/mol. The van der Waals surface area contributed by atoms with E-state index >= 15 is 0 Å². The van der Waals surface area contributed by atoms with Gasteiger partial charge in [-0.05, 0) is 24.0 Å². The minimum atomic E-state index is -0.156. The van der Waals surface area contributed by atoms with Crippen LogP contribution in [0.4, 0.5) is 0 Å². The SMILES string of the molecule is CC(C)CNC(=O)c1ccc(C(C)C)nn1. The summed E-state index contributed by atoms with van der Waals surface area (Å²) >= 11 is 0. The standard InChI is InChI=1S/C12H19N3O/c1-8(2)7-13-12(16)11-6-5-10(9(3)4)14-15-11/h5-6,8-9H,7H2,1-4H3,(H,13,16). The molecule has 1 rings (SSSR count). The lowest BCUT2D eigenvalue weighted by Crippen LogP contribution is -2.28. The summed E-state index contributed by atoms with van der Waals surface area (Å²) in [5, 5.41) is 10.7. The number of carbonyl (C=O) groups is 1. The van der Waals surface area contributed by atoms with Gasteiger partial charge in [-0.25, -0.2) is 0 Å². The number of nitrogens with one attached hydrogen (secondary N) is 1. The molecule has 0 atom stereocenters. The number of aromatic nitrogens is 2. The van der Waals surface area contributed by atoms with E-state index < -0.39 is 0 Å². The van der Waals surface area contributed by atoms with Crippen LogP contribution in [0.15, 0.2) is 12.1 Å². The van der Waals surface area contributed by atoms with Crippen molar-refractivity contribution in [2.75, 3.05) is 6.54 Å². The summed E-state index contributed by atoms with van der Waals surface area (Å²) in [4.78, 5) is 11.6. The van der Waals surface area contributed by atoms with Gasteiger partial charge < -0.3 is 5.32 Å². The Bertz CT molecular complexity index is 344. The first-order valence-electron chi connectivity index (χ1n) is 5.62. The number of rotatable bonds is 4. The van der Waals surface area contributed by atoms with E-state index in [-0.39, 0.29) is 5.91 Å². The zero-order valence-electron chi connectivity index (χ0n) is 10.3. The Labute approximate surface area is 96.5 Å². The van der Waals surface area contributed by atoms with E-state index in [4.69, 9.17) is 0 Å². The molecular weight excluding hydrogens is 202 g/mol. The lowest BCUT2D eigenvalue weighted by molar-refractivity contribution is 0.0943. The van der Waals surface area contributed by atoms with Crippen LogP contribution in [0.1, 0.15) is 49.8 Å². The van der Waals surface area contributed by atoms with Crippen LogP contribution in [-0.4, -0.2) is 22.6 Å². The fraction of sp³-hybridized carbons (Fsp3) is 0.583. The molecule has 4 nitrogen and oxygen atoms in total. The summed E-state index contributed by atoms with van der Waals surface area (Å²) in [5.74, 6) is 0.614. The summed E-state index contributed by atoms with van der Waals surface area (Å²) in [5.41, 5.74) is 1.28. The van der Waals surface area contributed by atoms with Crippen LogP contribution >= 0.6 is 0 Å². The highest BCUT2D eigenvalue weighted by atomic mass is 16.1. The van der Waals surface area contributed by atoms with Gasteiger partial charge in [0.15, 0.2) is 5.69 Å². The van der Waals surface area contributed by atoms with Crippen LogP contribution < -0.4 is 5.32 Å². The van der Waals surface area contributed by atoms with E-state index in [1.807, 2.05) is 33.8 Å². The van der Waals surface area contributed by atoms with E-state index in [1.165, 1.54) is 0 Å². The second kappa shape index (κ2) is 5.58. The highest BCUT2D eigenvalue weighted by molar-refractivity contribution is 5.91. The van der Waals surface area contributed by atoms with Crippen molar-refractivity contribution in [3.63, 3.8) is 0 Å². The molecule has 0 aliphatic heterocycles. The third kappa shape index (κ3) is 3.61. The predicted octanol–water partition coefficient (Wildman–Crippen LogP) is 1.99. The van der Waals surface area contributed by atoms with Crippen LogP contribution in [0.5, 0.6) is 0 Å². The molecule has 88 valence electrons. The van der Waals surface area contributed by atoms with E-state index in [1.54, 1.807) is 6.07 Å². The van der Waals surface area contributed by atoms with Crippen molar-refractivity contribution in [3.05, 3.63) is 23.5 Å². The quantitative estimate of drug-likeness (QED) is 0.846. The van der Waals surface area contributed by atoms with Crippen molar-refractivity contribution in [2.45, 2.75) is 33.6 Å². The van der Waals surface area contributed by atoms with Gasteiger partial charge in [0.05, 0.1) is 5.69 Å². The maximum Gasteiger partial charge on any atom is 0.271 e. The number of hydrogen-bond donors (Lipinski definition) is 1. The molecule has 0 unspecified atom stereocenters. The highest BCUT2D eigenvalue weighted by Gasteiger charge is 2.09. The number of hydrogen-bond acceptors (Lipinski definition) is 3. The molecule has 0 aromatic carbocycles. The number of carbonyl (C=O) groups excluding carboxylic acids is 1. The molecule has 1 aromatic heterocycles. The van der Waals surface area contributed by atoms with Gasteiger partial charge in [-0.3, -0.25) is 4.79 Å². The maximum atomic E-state index is 11.6. The normalized spacial score (nSPS) is 10.9. The van der Waals surface area contributed by atoms with Crippen LogP contribution in [0.25, 0.3) is 0 Å². The second-order valence-electron chi connectivity index (χ2n) is 4.60. The fourth-order valence-corrected chi connectivity index (χ4v) is 1.16. The smallest absolute Gasteiger partial charge is 0.271 e. The van der Waals surface area contributed by atoms with E-state index in [2.05, 4.69) is 15.5 Å². The molecule has 0 fully saturated rings. The summed E-state index contributed by atoms with van der Waals surface area (Å²) in [7, 11) is 0. The predicted molar refractivity (Wildman–Crippen MR) is 63.3 cm³/mol. The topological polar surface area (TPSA) is 54.9 Å². The first-order valence-corrected chi connectivity index (χ1v) is 5.62. The molecule has 1 amide bonds. The van der Waals surface area contributed by atoms with Gasteiger partial charge in [0.25, 0.3) is 5.91 Å². The van der Waals surface area contributed by atoms with E-state index in [0.29, 0.717) is 24.1 Å². The van der Waals surface area contributed by atoms with Crippen LogP contribution in [0.3, 0.4) is 0 Å². The summed E-state index contributed by atoms with van der Waals surface area (Å²) in [6.45, 7) is 8.85. The molecule has 4 heteroatoms. The third-order valence-electron chi connectivity index (χ3n) is 2.18. The molecule has 16 heavy (non-hydrogen) atoms. The van der Waals surface area contributed by atoms with Crippen molar-refractivity contribution in [1.82, 2.24) is 15.5 Å². The van der Waals surface area contributed by atoms with Gasteiger partial charge in [-0.2, -0.15) is 5.10 Å². The third-order valence-corrected chi connectivity index (χ3v) is 2.18. The molecule has 0 radical (unpaired) electrons. The van der Waals surface area contributed by atoms with E-state index in [9.17, 15) is 4.79 Å². The lowest BCUT2D eigenvalue weighted by Gasteiger charge is -2.07. The van der Waals surface area contributed by atoms with Crippen LogP contribution in [0, 0.1) is 5.92 Å². The first-order chi connectivity index (χ1) is 7.50. The number of amides is 1. The minimum Gasteiger partial charge on any atom is -0.350 e. The van der Waals surface area contributed by atoms with Gasteiger partial charge in [0, 0.05) is 6.54 Å². The zero-order valence-corrected chi connectivity index (χ0v) is 10.3. The van der Waals surface area contributed by atoms with Gasteiger partial charge in [0.1, 0.15) is 0 Å². The Morgan fingerprint density at radius 1 is 1.25 bits per heavy atom. The van der Waals surface area contributed by atoms with Crippen LogP contribution in [-0.2, 0) is 0 Å². The molecule has 0 aliphatic rings. The molecule has 1 aromatic rings. The maximum absolute atomic E-state index is 11.6. The monoisotopic (exact) mass is 221 g/mol. The molecule has 1 N–H and O–H groups in total. The first kappa shape index (κ1) is 12.6. The Kier molecular flexibility index (Phi) is 4.40. The molecule has 0 bridgehead atoms. The fourth-order valence-electron chi connectivity index (χ4n) is 1.16. The second-order valence-corrected chi connectivity index (χ2v) is 4.60. The van der Waals surface area contributed by atoms with Crippen molar-refractivity contribution >= 4 is 5.91 Å². The van der Waals surface area contributed by atoms with Crippen LogP contribution in [0.2, 0.25) is 0 Å². The Hall–Kier alpha value is -1.45. The van der Waals surface area contributed by atoms with Gasteiger partial charge in [-0.15, -0.1) is 5.10 Å². The van der Waals surface area contributed by atoms with E-state index in [0.717, 1.165) is 5.69 Å². The largest absolute Gasteiger partial charge is 0.350 e. The molecule has 1 heterocycles. The molecule has 0 saturated heterocycles. The highest BCUT2D eigenvalue weighted by Crippen LogP contribution is 2.09. The van der Waals surface area contributed by atoms with Gasteiger partial charge >= 0.3 is 0 Å². The summed E-state index contributed by atoms with van der Waals surface area (Å²) in [6.07, 6.45) is 0. The van der Waals surface area contributed by atoms with Crippen molar-refractivity contribution in [2.24, 2.45) is 5.92 Å². The summed E-state index contributed by atoms with van der Waals surface area (Å²) < 4.78 is 0. The van der Waals surface area contributed by atoms with Crippen molar-refractivity contribution in [1.29, 1.82) is 0 Å². The number of nitrogens with zero attached hydrogens (tertiary/aromatic N) is 2. The average Bonchev–Trinajstić information content (AvgIpc) is 2.26. The molecule has 0 spiro atoms.